The molecule has 0 bridgehead atoms. The normalized spacial score (nSPS) is 13.6. The summed E-state index contributed by atoms with van der Waals surface area (Å²) < 4.78 is 7.86. The highest BCUT2D eigenvalue weighted by Gasteiger charge is 2.21. The van der Waals surface area contributed by atoms with E-state index in [4.69, 9.17) is 10.5 Å². The number of hydrogen-bond donors (Lipinski definition) is 3. The number of nitrogen functional groups attached to an aromatic ring is 1. The second-order valence-electron chi connectivity index (χ2n) is 8.52. The van der Waals surface area contributed by atoms with E-state index in [1.165, 1.54) is 0 Å². The lowest BCUT2D eigenvalue weighted by atomic mass is 9.99. The fraction of sp³-hybridized carbons (Fsp3) is 0.280. The molecule has 0 spiro atoms. The molecule has 1 aliphatic rings. The van der Waals surface area contributed by atoms with Gasteiger partial charge < -0.3 is 21.1 Å². The Labute approximate surface area is 197 Å². The predicted octanol–water partition coefficient (Wildman–Crippen LogP) is 2.98. The van der Waals surface area contributed by atoms with E-state index < -0.39 is 0 Å². The van der Waals surface area contributed by atoms with Crippen LogP contribution in [0.4, 0.5) is 5.82 Å². The summed E-state index contributed by atoms with van der Waals surface area (Å²) in [7, 11) is 1.88. The van der Waals surface area contributed by atoms with Crippen LogP contribution in [0.1, 0.15) is 28.5 Å². The third-order valence-corrected chi connectivity index (χ3v) is 6.03. The minimum absolute atomic E-state index is 0.0484. The molecule has 0 aliphatic carbocycles. The van der Waals surface area contributed by atoms with Crippen LogP contribution in [-0.4, -0.2) is 44.8 Å². The Hall–Kier alpha value is -3.98. The Balaban J connectivity index is 1.43. The molecule has 9 heteroatoms. The maximum Gasteiger partial charge on any atom is 0.251 e. The number of carbonyl (C=O) groups excluding carboxylic acids is 1. The van der Waals surface area contributed by atoms with Crippen molar-refractivity contribution >= 4 is 22.8 Å². The number of ether oxygens (including phenoxy) is 1. The fourth-order valence-electron chi connectivity index (χ4n) is 4.13. The fourth-order valence-corrected chi connectivity index (χ4v) is 4.13. The van der Waals surface area contributed by atoms with Crippen molar-refractivity contribution in [3.05, 3.63) is 59.4 Å². The number of carbonyl (C=O) groups is 1. The van der Waals surface area contributed by atoms with E-state index in [9.17, 15) is 4.79 Å². The van der Waals surface area contributed by atoms with Crippen LogP contribution >= 0.6 is 0 Å². The number of fused-ring (bicyclic) bond motifs is 1. The molecule has 1 aromatic carbocycles. The van der Waals surface area contributed by atoms with Crippen molar-refractivity contribution in [1.82, 2.24) is 30.4 Å². The van der Waals surface area contributed by atoms with Gasteiger partial charge in [0.25, 0.3) is 5.91 Å². The lowest BCUT2D eigenvalue weighted by molar-refractivity contribution is 0.0923. The molecule has 1 amide bonds. The van der Waals surface area contributed by atoms with E-state index in [-0.39, 0.29) is 11.9 Å². The maximum atomic E-state index is 12.7. The van der Waals surface area contributed by atoms with Crippen molar-refractivity contribution in [3.63, 3.8) is 0 Å². The molecule has 0 atom stereocenters. The van der Waals surface area contributed by atoms with Crippen molar-refractivity contribution < 1.29 is 9.53 Å². The predicted molar refractivity (Wildman–Crippen MR) is 131 cm³/mol. The van der Waals surface area contributed by atoms with Gasteiger partial charge in [0.1, 0.15) is 22.8 Å². The SMILES string of the molecule is CCc1cc(-c2cc(Oc3cnc4c(C)nn(C)c4c3)cc(N)n2)ccc1C(=O)NC1CNC1. The highest BCUT2D eigenvalue weighted by atomic mass is 16.5. The molecule has 1 fully saturated rings. The number of nitrogens with two attached hydrogens (primary N) is 1. The minimum Gasteiger partial charge on any atom is -0.455 e. The molecule has 9 nitrogen and oxygen atoms in total. The highest BCUT2D eigenvalue weighted by Crippen LogP contribution is 2.30. The quantitative estimate of drug-likeness (QED) is 0.407. The molecule has 4 aromatic rings. The summed E-state index contributed by atoms with van der Waals surface area (Å²) >= 11 is 0. The van der Waals surface area contributed by atoms with Gasteiger partial charge in [0, 0.05) is 49.5 Å². The molecule has 4 N–H and O–H groups in total. The second-order valence-corrected chi connectivity index (χ2v) is 8.52. The standard InChI is InChI=1S/C25H27N7O2/c1-4-15-7-16(5-6-20(15)25(33)29-17-11-27-12-17)21-8-18(10-23(26)30-21)34-19-9-22-24(28-13-19)14(2)31-32(22)3/h5-10,13,17,27H,4,11-12H2,1-3H3,(H2,26,30)(H,29,33). The molecular formula is C25H27N7O2. The molecule has 1 saturated heterocycles. The van der Waals surface area contributed by atoms with Crippen LogP contribution in [0.15, 0.2) is 42.6 Å². The van der Waals surface area contributed by atoms with Gasteiger partial charge in [0.05, 0.1) is 29.1 Å². The number of rotatable bonds is 6. The van der Waals surface area contributed by atoms with Crippen LogP contribution in [0, 0.1) is 6.92 Å². The Bertz CT molecular complexity index is 1390. The zero-order valence-corrected chi connectivity index (χ0v) is 19.4. The molecule has 34 heavy (non-hydrogen) atoms. The first-order valence-electron chi connectivity index (χ1n) is 11.3. The van der Waals surface area contributed by atoms with Crippen molar-refractivity contribution in [2.75, 3.05) is 18.8 Å². The van der Waals surface area contributed by atoms with Crippen molar-refractivity contribution in [3.8, 4) is 22.8 Å². The van der Waals surface area contributed by atoms with Gasteiger partial charge in [-0.2, -0.15) is 5.10 Å². The molecule has 1 aliphatic heterocycles. The molecule has 174 valence electrons. The summed E-state index contributed by atoms with van der Waals surface area (Å²) in [5.41, 5.74) is 11.9. The van der Waals surface area contributed by atoms with E-state index in [0.29, 0.717) is 28.6 Å². The van der Waals surface area contributed by atoms with Gasteiger partial charge >= 0.3 is 0 Å². The van der Waals surface area contributed by atoms with Gasteiger partial charge in [-0.1, -0.05) is 13.0 Å². The minimum atomic E-state index is -0.0484. The third kappa shape index (κ3) is 4.17. The summed E-state index contributed by atoms with van der Waals surface area (Å²) in [6, 6.07) is 11.3. The summed E-state index contributed by atoms with van der Waals surface area (Å²) in [6.45, 7) is 5.58. The largest absolute Gasteiger partial charge is 0.455 e. The van der Waals surface area contributed by atoms with Crippen LogP contribution < -0.4 is 21.1 Å². The zero-order valence-electron chi connectivity index (χ0n) is 19.4. The van der Waals surface area contributed by atoms with Gasteiger partial charge in [-0.05, 0) is 31.0 Å². The number of benzene rings is 1. The van der Waals surface area contributed by atoms with E-state index in [1.54, 1.807) is 16.9 Å². The number of anilines is 1. The number of nitrogens with zero attached hydrogens (tertiary/aromatic N) is 4. The molecule has 0 radical (unpaired) electrons. The lowest BCUT2D eigenvalue weighted by Crippen LogP contribution is -2.57. The van der Waals surface area contributed by atoms with Crippen molar-refractivity contribution in [2.24, 2.45) is 7.05 Å². The number of hydrogen-bond acceptors (Lipinski definition) is 7. The molecule has 5 rings (SSSR count). The number of aryl methyl sites for hydroxylation is 3. The lowest BCUT2D eigenvalue weighted by Gasteiger charge is -2.28. The van der Waals surface area contributed by atoms with Gasteiger partial charge in [-0.25, -0.2) is 9.97 Å². The van der Waals surface area contributed by atoms with Gasteiger partial charge in [0.15, 0.2) is 0 Å². The first-order chi connectivity index (χ1) is 16.4. The molecule has 4 heterocycles. The van der Waals surface area contributed by atoms with Crippen LogP contribution in [0.25, 0.3) is 22.3 Å². The van der Waals surface area contributed by atoms with Crippen LogP contribution in [0.3, 0.4) is 0 Å². The molecular weight excluding hydrogens is 430 g/mol. The van der Waals surface area contributed by atoms with E-state index in [1.807, 2.05) is 51.2 Å². The van der Waals surface area contributed by atoms with E-state index >= 15 is 0 Å². The number of pyridine rings is 2. The van der Waals surface area contributed by atoms with Gasteiger partial charge in [-0.3, -0.25) is 9.48 Å². The average molecular weight is 458 g/mol. The van der Waals surface area contributed by atoms with Crippen molar-refractivity contribution in [1.29, 1.82) is 0 Å². The topological polar surface area (TPSA) is 120 Å². The number of nitrogens with one attached hydrogen (secondary N) is 2. The summed E-state index contributed by atoms with van der Waals surface area (Å²) in [6.07, 6.45) is 2.40. The number of amides is 1. The van der Waals surface area contributed by atoms with Crippen molar-refractivity contribution in [2.45, 2.75) is 26.3 Å². The smallest absolute Gasteiger partial charge is 0.251 e. The molecule has 3 aromatic heterocycles. The second kappa shape index (κ2) is 8.75. The Kier molecular flexibility index (Phi) is 5.62. The molecule has 0 saturated carbocycles. The average Bonchev–Trinajstić information content (AvgIpc) is 3.08. The highest BCUT2D eigenvalue weighted by molar-refractivity contribution is 5.96. The van der Waals surface area contributed by atoms with Crippen LogP contribution in [0.2, 0.25) is 0 Å². The maximum absolute atomic E-state index is 12.7. The summed E-state index contributed by atoms with van der Waals surface area (Å²) in [5.74, 6) is 1.43. The Morgan fingerprint density at radius 3 is 2.79 bits per heavy atom. The monoisotopic (exact) mass is 457 g/mol. The Morgan fingerprint density at radius 1 is 1.24 bits per heavy atom. The number of aromatic nitrogens is 4. The van der Waals surface area contributed by atoms with Crippen LogP contribution in [-0.2, 0) is 13.5 Å². The Morgan fingerprint density at radius 2 is 2.06 bits per heavy atom. The van der Waals surface area contributed by atoms with Gasteiger partial charge in [0.2, 0.25) is 0 Å². The van der Waals surface area contributed by atoms with Crippen LogP contribution in [0.5, 0.6) is 11.5 Å². The van der Waals surface area contributed by atoms with E-state index in [2.05, 4.69) is 25.7 Å². The summed E-state index contributed by atoms with van der Waals surface area (Å²) in [5, 5.41) is 10.6. The van der Waals surface area contributed by atoms with Gasteiger partial charge in [-0.15, -0.1) is 0 Å². The first-order valence-corrected chi connectivity index (χ1v) is 11.3. The molecule has 0 unspecified atom stereocenters. The first kappa shape index (κ1) is 21.8. The summed E-state index contributed by atoms with van der Waals surface area (Å²) in [4.78, 5) is 21.7. The van der Waals surface area contributed by atoms with E-state index in [0.717, 1.165) is 47.4 Å². The zero-order chi connectivity index (χ0) is 23.8. The third-order valence-electron chi connectivity index (χ3n) is 6.03.